The first-order chi connectivity index (χ1) is 5.70. The highest BCUT2D eigenvalue weighted by atomic mass is 16.1. The van der Waals surface area contributed by atoms with Gasteiger partial charge in [-0.15, -0.1) is 0 Å². The maximum absolute atomic E-state index is 11.1. The number of imidazole rings is 1. The molecule has 0 radical (unpaired) electrons. The molecule has 1 N–H and O–H groups in total. The van der Waals surface area contributed by atoms with Crippen LogP contribution in [0.4, 0.5) is 5.82 Å². The second-order valence-electron chi connectivity index (χ2n) is 2.38. The summed E-state index contributed by atoms with van der Waals surface area (Å²) >= 11 is 0. The van der Waals surface area contributed by atoms with E-state index < -0.39 is 0 Å². The van der Waals surface area contributed by atoms with Gasteiger partial charge >= 0.3 is 5.69 Å². The van der Waals surface area contributed by atoms with Gasteiger partial charge in [-0.1, -0.05) is 6.08 Å². The highest BCUT2D eigenvalue weighted by molar-refractivity contribution is 5.59. The highest BCUT2D eigenvalue weighted by Crippen LogP contribution is 2.13. The van der Waals surface area contributed by atoms with E-state index in [1.165, 1.54) is 4.57 Å². The SMILES string of the molecule is C=Nc1[nH]c(=O)n(C)c1/C=C\C. The first-order valence-electron chi connectivity index (χ1n) is 3.59. The Morgan fingerprint density at radius 1 is 1.67 bits per heavy atom. The largest absolute Gasteiger partial charge is 0.327 e. The number of aromatic nitrogens is 2. The van der Waals surface area contributed by atoms with Gasteiger partial charge in [-0.05, 0) is 19.7 Å². The molecule has 4 heteroatoms. The minimum Gasteiger partial charge on any atom is -0.294 e. The van der Waals surface area contributed by atoms with Crippen molar-refractivity contribution in [1.82, 2.24) is 9.55 Å². The van der Waals surface area contributed by atoms with Crippen molar-refractivity contribution < 1.29 is 0 Å². The van der Waals surface area contributed by atoms with Crippen molar-refractivity contribution in [1.29, 1.82) is 0 Å². The number of rotatable bonds is 2. The van der Waals surface area contributed by atoms with E-state index in [1.54, 1.807) is 7.05 Å². The third-order valence-electron chi connectivity index (χ3n) is 1.62. The molecule has 0 aliphatic heterocycles. The topological polar surface area (TPSA) is 50.1 Å². The molecule has 0 bridgehead atoms. The molecule has 0 saturated carbocycles. The van der Waals surface area contributed by atoms with E-state index in [1.807, 2.05) is 19.1 Å². The monoisotopic (exact) mass is 165 g/mol. The van der Waals surface area contributed by atoms with Crippen molar-refractivity contribution in [3.05, 3.63) is 22.3 Å². The molecule has 4 nitrogen and oxygen atoms in total. The molecule has 1 rings (SSSR count). The van der Waals surface area contributed by atoms with Crippen LogP contribution in [0.3, 0.4) is 0 Å². The first-order valence-corrected chi connectivity index (χ1v) is 3.59. The van der Waals surface area contributed by atoms with E-state index in [4.69, 9.17) is 0 Å². The summed E-state index contributed by atoms with van der Waals surface area (Å²) in [6, 6.07) is 0. The summed E-state index contributed by atoms with van der Waals surface area (Å²) in [6.07, 6.45) is 3.65. The lowest BCUT2D eigenvalue weighted by Crippen LogP contribution is -2.13. The van der Waals surface area contributed by atoms with E-state index in [0.717, 1.165) is 5.69 Å². The van der Waals surface area contributed by atoms with Crippen LogP contribution in [0.25, 0.3) is 6.08 Å². The van der Waals surface area contributed by atoms with Crippen LogP contribution in [-0.2, 0) is 7.05 Å². The highest BCUT2D eigenvalue weighted by Gasteiger charge is 2.05. The van der Waals surface area contributed by atoms with Crippen molar-refractivity contribution in [3.63, 3.8) is 0 Å². The molecule has 0 aromatic carbocycles. The average Bonchev–Trinajstić information content (AvgIpc) is 2.33. The number of H-pyrrole nitrogens is 1. The summed E-state index contributed by atoms with van der Waals surface area (Å²) in [5, 5.41) is 0. The second kappa shape index (κ2) is 3.21. The number of aliphatic imine (C=N–C) groups is 1. The van der Waals surface area contributed by atoms with E-state index in [-0.39, 0.29) is 5.69 Å². The predicted molar refractivity (Wildman–Crippen MR) is 50.0 cm³/mol. The molecule has 1 aromatic heterocycles. The number of nitrogens with one attached hydrogen (secondary N) is 1. The number of allylic oxidation sites excluding steroid dienone is 1. The van der Waals surface area contributed by atoms with Gasteiger partial charge in [0.2, 0.25) is 0 Å². The quantitative estimate of drug-likeness (QED) is 0.655. The standard InChI is InChI=1S/C8H11N3O/c1-4-5-6-7(9-2)10-8(12)11(6)3/h4-5H,2H2,1,3H3,(H,10,12)/b5-4-. The summed E-state index contributed by atoms with van der Waals surface area (Å²) in [7, 11) is 1.68. The van der Waals surface area contributed by atoms with Crippen molar-refractivity contribution >= 4 is 18.6 Å². The first kappa shape index (κ1) is 8.52. The lowest BCUT2D eigenvalue weighted by Gasteiger charge is -1.93. The van der Waals surface area contributed by atoms with E-state index >= 15 is 0 Å². The third kappa shape index (κ3) is 1.23. The van der Waals surface area contributed by atoms with Crippen LogP contribution >= 0.6 is 0 Å². The Balaban J connectivity index is 3.40. The van der Waals surface area contributed by atoms with Crippen molar-refractivity contribution in [2.45, 2.75) is 6.92 Å². The van der Waals surface area contributed by atoms with Crippen molar-refractivity contribution in [3.8, 4) is 0 Å². The minimum atomic E-state index is -0.175. The summed E-state index contributed by atoms with van der Waals surface area (Å²) in [6.45, 7) is 5.24. The number of nitrogens with zero attached hydrogens (tertiary/aromatic N) is 2. The molecule has 0 unspecified atom stereocenters. The zero-order chi connectivity index (χ0) is 9.14. The lowest BCUT2D eigenvalue weighted by atomic mass is 10.4. The Morgan fingerprint density at radius 2 is 2.33 bits per heavy atom. The van der Waals surface area contributed by atoms with Crippen LogP contribution in [0.1, 0.15) is 12.6 Å². The normalized spacial score (nSPS) is 10.8. The van der Waals surface area contributed by atoms with Gasteiger partial charge in [-0.25, -0.2) is 9.79 Å². The van der Waals surface area contributed by atoms with Gasteiger partial charge < -0.3 is 0 Å². The summed E-state index contributed by atoms with van der Waals surface area (Å²) in [4.78, 5) is 17.3. The Bertz CT molecular complexity index is 370. The van der Waals surface area contributed by atoms with Crippen LogP contribution < -0.4 is 5.69 Å². The molecule has 1 aromatic rings. The molecule has 0 aliphatic carbocycles. The Labute approximate surface area is 70.3 Å². The van der Waals surface area contributed by atoms with Crippen molar-refractivity contribution in [2.75, 3.05) is 0 Å². The van der Waals surface area contributed by atoms with Crippen LogP contribution in [0, 0.1) is 0 Å². The molecule has 0 aliphatic rings. The maximum Gasteiger partial charge on any atom is 0.327 e. The van der Waals surface area contributed by atoms with E-state index in [0.29, 0.717) is 5.82 Å². The lowest BCUT2D eigenvalue weighted by molar-refractivity contribution is 0.853. The van der Waals surface area contributed by atoms with Gasteiger partial charge in [0.15, 0.2) is 5.82 Å². The molecule has 1 heterocycles. The predicted octanol–water partition coefficient (Wildman–Crippen LogP) is 1.08. The fraction of sp³-hybridized carbons (Fsp3) is 0.250. The molecule has 0 fully saturated rings. The second-order valence-corrected chi connectivity index (χ2v) is 2.38. The third-order valence-corrected chi connectivity index (χ3v) is 1.62. The minimum absolute atomic E-state index is 0.175. The zero-order valence-electron chi connectivity index (χ0n) is 7.16. The molecule has 0 spiro atoms. The van der Waals surface area contributed by atoms with Gasteiger partial charge in [-0.2, -0.15) is 0 Å². The van der Waals surface area contributed by atoms with E-state index in [2.05, 4.69) is 16.7 Å². The van der Waals surface area contributed by atoms with Gasteiger partial charge in [0.1, 0.15) is 0 Å². The van der Waals surface area contributed by atoms with Crippen LogP contribution in [0.5, 0.6) is 0 Å². The smallest absolute Gasteiger partial charge is 0.294 e. The fourth-order valence-corrected chi connectivity index (χ4v) is 0.987. The molecule has 0 atom stereocenters. The van der Waals surface area contributed by atoms with Crippen molar-refractivity contribution in [2.24, 2.45) is 12.0 Å². The van der Waals surface area contributed by atoms with Crippen LogP contribution in [-0.4, -0.2) is 16.3 Å². The molecule has 12 heavy (non-hydrogen) atoms. The molecule has 0 amide bonds. The van der Waals surface area contributed by atoms with Gasteiger partial charge in [0.05, 0.1) is 5.69 Å². The summed E-state index contributed by atoms with van der Waals surface area (Å²) < 4.78 is 1.49. The molecular weight excluding hydrogens is 154 g/mol. The summed E-state index contributed by atoms with van der Waals surface area (Å²) in [5.74, 6) is 0.514. The number of aromatic amines is 1. The molecule has 64 valence electrons. The van der Waals surface area contributed by atoms with Gasteiger partial charge in [-0.3, -0.25) is 9.55 Å². The number of hydrogen-bond donors (Lipinski definition) is 1. The van der Waals surface area contributed by atoms with Crippen LogP contribution in [0.15, 0.2) is 15.9 Å². The molecule has 0 saturated heterocycles. The fourth-order valence-electron chi connectivity index (χ4n) is 0.987. The number of hydrogen-bond acceptors (Lipinski definition) is 2. The Kier molecular flexibility index (Phi) is 2.28. The summed E-state index contributed by atoms with van der Waals surface area (Å²) in [5.41, 5.74) is 0.572. The maximum atomic E-state index is 11.1. The zero-order valence-corrected chi connectivity index (χ0v) is 7.16. The Hall–Kier alpha value is -1.58. The van der Waals surface area contributed by atoms with Crippen LogP contribution in [0.2, 0.25) is 0 Å². The van der Waals surface area contributed by atoms with E-state index in [9.17, 15) is 4.79 Å². The van der Waals surface area contributed by atoms with Gasteiger partial charge in [0, 0.05) is 7.05 Å². The Morgan fingerprint density at radius 3 is 2.83 bits per heavy atom. The van der Waals surface area contributed by atoms with Gasteiger partial charge in [0.25, 0.3) is 0 Å². The average molecular weight is 165 g/mol. The molecular formula is C8H11N3O.